The number of rotatable bonds is 4. The third-order valence-electron chi connectivity index (χ3n) is 4.28. The van der Waals surface area contributed by atoms with Gasteiger partial charge in [0.2, 0.25) is 5.91 Å². The van der Waals surface area contributed by atoms with Crippen LogP contribution in [-0.2, 0) is 10.3 Å². The maximum atomic E-state index is 12.3. The van der Waals surface area contributed by atoms with E-state index >= 15 is 0 Å². The Morgan fingerprint density at radius 1 is 1.24 bits per heavy atom. The van der Waals surface area contributed by atoms with Gasteiger partial charge in [0.05, 0.1) is 6.54 Å². The summed E-state index contributed by atoms with van der Waals surface area (Å²) < 4.78 is 0. The van der Waals surface area contributed by atoms with Crippen LogP contribution in [0.25, 0.3) is 0 Å². The van der Waals surface area contributed by atoms with Crippen molar-refractivity contribution in [1.82, 2.24) is 15.1 Å². The fourth-order valence-electron chi connectivity index (χ4n) is 2.60. The largest absolute Gasteiger partial charge is 0.339 e. The van der Waals surface area contributed by atoms with Crippen LogP contribution >= 0.6 is 0 Å². The fourth-order valence-corrected chi connectivity index (χ4v) is 2.60. The average Bonchev–Trinajstić information content (AvgIpc) is 2.45. The van der Waals surface area contributed by atoms with Crippen molar-refractivity contribution >= 4 is 5.91 Å². The topological polar surface area (TPSA) is 35.6 Å². The molecule has 0 atom stereocenters. The number of hydrogen-bond acceptors (Lipinski definition) is 3. The van der Waals surface area contributed by atoms with Gasteiger partial charge >= 0.3 is 0 Å². The first-order valence-electron chi connectivity index (χ1n) is 7.67. The van der Waals surface area contributed by atoms with Gasteiger partial charge in [-0.05, 0) is 33.4 Å². The van der Waals surface area contributed by atoms with E-state index in [1.807, 2.05) is 4.90 Å². The number of likely N-dealkylation sites (N-methyl/N-ethyl adjacent to an activating group) is 1. The van der Waals surface area contributed by atoms with E-state index in [0.717, 1.165) is 26.2 Å². The van der Waals surface area contributed by atoms with Crippen LogP contribution in [-0.4, -0.2) is 55.5 Å². The molecule has 1 aromatic rings. The molecule has 0 aliphatic carbocycles. The van der Waals surface area contributed by atoms with E-state index in [9.17, 15) is 4.79 Å². The summed E-state index contributed by atoms with van der Waals surface area (Å²) in [5.74, 6) is 0.198. The standard InChI is InChI=1S/C17H27N3O/c1-14-6-5-7-15(12-14)17(2,3)18-13-16(21)20-10-8-19(4)9-11-20/h5-7,12,18H,8-11,13H2,1-4H3. The monoisotopic (exact) mass is 289 g/mol. The lowest BCUT2D eigenvalue weighted by atomic mass is 9.93. The highest BCUT2D eigenvalue weighted by Crippen LogP contribution is 2.20. The first kappa shape index (κ1) is 16.0. The first-order valence-corrected chi connectivity index (χ1v) is 7.67. The SMILES string of the molecule is Cc1cccc(C(C)(C)NCC(=O)N2CCN(C)CC2)c1. The average molecular weight is 289 g/mol. The van der Waals surface area contributed by atoms with Crippen LogP contribution in [0.5, 0.6) is 0 Å². The number of aryl methyl sites for hydroxylation is 1. The van der Waals surface area contributed by atoms with E-state index in [-0.39, 0.29) is 11.4 Å². The molecular weight excluding hydrogens is 262 g/mol. The second-order valence-electron chi connectivity index (χ2n) is 6.53. The lowest BCUT2D eigenvalue weighted by Gasteiger charge is -2.34. The van der Waals surface area contributed by atoms with Crippen LogP contribution in [0.3, 0.4) is 0 Å². The molecule has 0 bridgehead atoms. The summed E-state index contributed by atoms with van der Waals surface area (Å²) in [6, 6.07) is 8.44. The van der Waals surface area contributed by atoms with Crippen LogP contribution in [0, 0.1) is 6.92 Å². The molecule has 116 valence electrons. The molecule has 4 heteroatoms. The molecule has 4 nitrogen and oxygen atoms in total. The van der Waals surface area contributed by atoms with E-state index in [2.05, 4.69) is 62.3 Å². The van der Waals surface area contributed by atoms with E-state index in [0.29, 0.717) is 6.54 Å². The van der Waals surface area contributed by atoms with Gasteiger partial charge in [0.1, 0.15) is 0 Å². The number of nitrogens with zero attached hydrogens (tertiary/aromatic N) is 2. The molecule has 2 rings (SSSR count). The second-order valence-corrected chi connectivity index (χ2v) is 6.53. The number of amides is 1. The Labute approximate surface area is 128 Å². The van der Waals surface area contributed by atoms with E-state index < -0.39 is 0 Å². The number of benzene rings is 1. The predicted molar refractivity (Wildman–Crippen MR) is 86.3 cm³/mol. The molecule has 1 saturated heterocycles. The van der Waals surface area contributed by atoms with Crippen LogP contribution in [0.4, 0.5) is 0 Å². The Bertz CT molecular complexity index is 491. The number of nitrogens with one attached hydrogen (secondary N) is 1. The quantitative estimate of drug-likeness (QED) is 0.914. The van der Waals surface area contributed by atoms with Crippen molar-refractivity contribution < 1.29 is 4.79 Å². The summed E-state index contributed by atoms with van der Waals surface area (Å²) in [6.45, 7) is 10.3. The van der Waals surface area contributed by atoms with E-state index in [4.69, 9.17) is 0 Å². The van der Waals surface area contributed by atoms with Gasteiger partial charge in [-0.15, -0.1) is 0 Å². The van der Waals surface area contributed by atoms with Gasteiger partial charge in [-0.2, -0.15) is 0 Å². The summed E-state index contributed by atoms with van der Waals surface area (Å²) in [7, 11) is 2.10. The third-order valence-corrected chi connectivity index (χ3v) is 4.28. The minimum atomic E-state index is -0.200. The zero-order chi connectivity index (χ0) is 15.5. The molecule has 0 radical (unpaired) electrons. The Morgan fingerprint density at radius 2 is 1.90 bits per heavy atom. The van der Waals surface area contributed by atoms with Crippen molar-refractivity contribution in [3.63, 3.8) is 0 Å². The molecule has 0 aromatic heterocycles. The summed E-state index contributed by atoms with van der Waals surface area (Å²) >= 11 is 0. The molecule has 21 heavy (non-hydrogen) atoms. The van der Waals surface area contributed by atoms with E-state index in [1.165, 1.54) is 11.1 Å². The Morgan fingerprint density at radius 3 is 2.52 bits per heavy atom. The smallest absolute Gasteiger partial charge is 0.236 e. The molecule has 0 unspecified atom stereocenters. The summed E-state index contributed by atoms with van der Waals surface area (Å²) in [5, 5.41) is 3.41. The van der Waals surface area contributed by atoms with Crippen molar-refractivity contribution in [2.45, 2.75) is 26.3 Å². The van der Waals surface area contributed by atoms with Gasteiger partial charge in [0.25, 0.3) is 0 Å². The second kappa shape index (κ2) is 6.58. The van der Waals surface area contributed by atoms with Crippen LogP contribution < -0.4 is 5.32 Å². The molecular formula is C17H27N3O. The van der Waals surface area contributed by atoms with Gasteiger partial charge in [-0.3, -0.25) is 10.1 Å². The maximum absolute atomic E-state index is 12.3. The number of carbonyl (C=O) groups excluding carboxylic acids is 1. The number of carbonyl (C=O) groups is 1. The van der Waals surface area contributed by atoms with Gasteiger partial charge in [0.15, 0.2) is 0 Å². The molecule has 1 aliphatic rings. The lowest BCUT2D eigenvalue weighted by molar-refractivity contribution is -0.132. The Kier molecular flexibility index (Phi) is 5.01. The van der Waals surface area contributed by atoms with Crippen molar-refractivity contribution in [3.05, 3.63) is 35.4 Å². The van der Waals surface area contributed by atoms with Gasteiger partial charge in [0, 0.05) is 31.7 Å². The highest BCUT2D eigenvalue weighted by molar-refractivity contribution is 5.78. The van der Waals surface area contributed by atoms with Crippen molar-refractivity contribution in [1.29, 1.82) is 0 Å². The minimum Gasteiger partial charge on any atom is -0.339 e. The molecule has 1 N–H and O–H groups in total. The van der Waals surface area contributed by atoms with Crippen LogP contribution in [0.1, 0.15) is 25.0 Å². The van der Waals surface area contributed by atoms with Crippen molar-refractivity contribution in [2.75, 3.05) is 39.8 Å². The van der Waals surface area contributed by atoms with Crippen molar-refractivity contribution in [3.8, 4) is 0 Å². The summed E-state index contributed by atoms with van der Waals surface area (Å²) in [5.41, 5.74) is 2.26. The van der Waals surface area contributed by atoms with Gasteiger partial charge in [-0.1, -0.05) is 29.8 Å². The van der Waals surface area contributed by atoms with Gasteiger partial charge < -0.3 is 9.80 Å². The highest BCUT2D eigenvalue weighted by atomic mass is 16.2. The molecule has 0 saturated carbocycles. The predicted octanol–water partition coefficient (Wildman–Crippen LogP) is 1.59. The van der Waals surface area contributed by atoms with Crippen LogP contribution in [0.2, 0.25) is 0 Å². The first-order chi connectivity index (χ1) is 9.88. The van der Waals surface area contributed by atoms with Gasteiger partial charge in [-0.25, -0.2) is 0 Å². The molecule has 0 spiro atoms. The highest BCUT2D eigenvalue weighted by Gasteiger charge is 2.24. The zero-order valence-electron chi connectivity index (χ0n) is 13.6. The molecule has 1 heterocycles. The Balaban J connectivity index is 1.90. The van der Waals surface area contributed by atoms with E-state index in [1.54, 1.807) is 0 Å². The Hall–Kier alpha value is -1.39. The molecule has 1 amide bonds. The third kappa shape index (κ3) is 4.29. The summed E-state index contributed by atoms with van der Waals surface area (Å²) in [6.07, 6.45) is 0. The number of hydrogen-bond donors (Lipinski definition) is 1. The number of piperazine rings is 1. The summed E-state index contributed by atoms with van der Waals surface area (Å²) in [4.78, 5) is 16.5. The van der Waals surface area contributed by atoms with Crippen LogP contribution in [0.15, 0.2) is 24.3 Å². The minimum absolute atomic E-state index is 0.198. The normalized spacial score (nSPS) is 17.0. The molecule has 1 aromatic carbocycles. The maximum Gasteiger partial charge on any atom is 0.236 e. The fraction of sp³-hybridized carbons (Fsp3) is 0.588. The molecule has 1 fully saturated rings. The van der Waals surface area contributed by atoms with Crippen molar-refractivity contribution in [2.24, 2.45) is 0 Å². The lowest BCUT2D eigenvalue weighted by Crippen LogP contribution is -2.51. The molecule has 1 aliphatic heterocycles. The zero-order valence-corrected chi connectivity index (χ0v) is 13.6.